The van der Waals surface area contributed by atoms with Crippen LogP contribution in [0, 0.1) is 0 Å². The zero-order valence-corrected chi connectivity index (χ0v) is 10.1. The monoisotopic (exact) mass is 244 g/mol. The van der Waals surface area contributed by atoms with Crippen LogP contribution in [-0.4, -0.2) is 19.2 Å². The third-order valence-electron chi connectivity index (χ3n) is 2.00. The molecule has 1 rings (SSSR count). The molecule has 0 N–H and O–H groups in total. The van der Waals surface area contributed by atoms with Crippen molar-refractivity contribution in [3.63, 3.8) is 0 Å². The van der Waals surface area contributed by atoms with Crippen LogP contribution in [0.15, 0.2) is 61.4 Å². The summed E-state index contributed by atoms with van der Waals surface area (Å²) in [6.45, 7) is 3.92. The fourth-order valence-electron chi connectivity index (χ4n) is 1.19. The average Bonchev–Trinajstić information content (AvgIpc) is 2.41. The van der Waals surface area contributed by atoms with Crippen molar-refractivity contribution in [1.82, 2.24) is 0 Å². The van der Waals surface area contributed by atoms with Crippen LogP contribution < -0.4 is 0 Å². The maximum absolute atomic E-state index is 11.2. The van der Waals surface area contributed by atoms with Gasteiger partial charge in [-0.2, -0.15) is 0 Å². The van der Waals surface area contributed by atoms with Crippen molar-refractivity contribution in [3.05, 3.63) is 67.0 Å². The number of rotatable bonds is 7. The Balaban J connectivity index is 2.25. The summed E-state index contributed by atoms with van der Waals surface area (Å²) in [7, 11) is 0. The van der Waals surface area contributed by atoms with E-state index in [9.17, 15) is 4.79 Å². The van der Waals surface area contributed by atoms with Crippen LogP contribution in [0.4, 0.5) is 0 Å². The van der Waals surface area contributed by atoms with Crippen molar-refractivity contribution in [3.8, 4) is 0 Å². The van der Waals surface area contributed by atoms with Crippen molar-refractivity contribution in [2.45, 2.75) is 0 Å². The van der Waals surface area contributed by atoms with E-state index in [4.69, 9.17) is 9.47 Å². The van der Waals surface area contributed by atoms with Crippen molar-refractivity contribution in [2.24, 2.45) is 0 Å². The number of hydrogen-bond donors (Lipinski definition) is 0. The van der Waals surface area contributed by atoms with Gasteiger partial charge < -0.3 is 9.47 Å². The molecule has 0 fully saturated rings. The smallest absolute Gasteiger partial charge is 0.330 e. The molecule has 0 saturated heterocycles. The van der Waals surface area contributed by atoms with Crippen molar-refractivity contribution in [2.75, 3.05) is 13.2 Å². The van der Waals surface area contributed by atoms with Crippen LogP contribution in [0.25, 0.3) is 6.08 Å². The maximum Gasteiger partial charge on any atom is 0.330 e. The minimum Gasteiger partial charge on any atom is -0.498 e. The Bertz CT molecular complexity index is 419. The number of carbonyl (C=O) groups excluding carboxylic acids is 1. The summed E-state index contributed by atoms with van der Waals surface area (Å²) >= 11 is 0. The van der Waals surface area contributed by atoms with Gasteiger partial charge in [-0.3, -0.25) is 0 Å². The van der Waals surface area contributed by atoms with Gasteiger partial charge in [0.05, 0.1) is 6.26 Å². The van der Waals surface area contributed by atoms with Crippen molar-refractivity contribution >= 4 is 12.0 Å². The Hall–Kier alpha value is -2.29. The lowest BCUT2D eigenvalue weighted by atomic mass is 10.2. The van der Waals surface area contributed by atoms with Gasteiger partial charge in [0.2, 0.25) is 0 Å². The minimum absolute atomic E-state index is 0.220. The number of benzene rings is 1. The second kappa shape index (κ2) is 8.82. The summed E-state index contributed by atoms with van der Waals surface area (Å²) < 4.78 is 9.68. The summed E-state index contributed by atoms with van der Waals surface area (Å²) in [5, 5.41) is 0. The number of allylic oxidation sites excluding steroid dienone is 2. The minimum atomic E-state index is -0.389. The lowest BCUT2D eigenvalue weighted by Crippen LogP contribution is -2.06. The maximum atomic E-state index is 11.2. The van der Waals surface area contributed by atoms with Gasteiger partial charge in [-0.15, -0.1) is 0 Å². The van der Waals surface area contributed by atoms with E-state index in [2.05, 4.69) is 6.58 Å². The Morgan fingerprint density at radius 2 is 1.94 bits per heavy atom. The summed E-state index contributed by atoms with van der Waals surface area (Å²) in [6, 6.07) is 9.83. The molecule has 0 amide bonds. The lowest BCUT2D eigenvalue weighted by Gasteiger charge is -2.00. The molecule has 0 atom stereocenters. The quantitative estimate of drug-likeness (QED) is 0.243. The predicted molar refractivity (Wildman–Crippen MR) is 71.7 cm³/mol. The highest BCUT2D eigenvalue weighted by molar-refractivity contribution is 5.82. The highest BCUT2D eigenvalue weighted by atomic mass is 16.6. The van der Waals surface area contributed by atoms with Crippen molar-refractivity contribution in [1.29, 1.82) is 0 Å². The summed E-state index contributed by atoms with van der Waals surface area (Å²) in [5.74, 6) is -0.389. The Kier molecular flexibility index (Phi) is 6.75. The van der Waals surface area contributed by atoms with Gasteiger partial charge in [0.25, 0.3) is 0 Å². The number of hydrogen-bond acceptors (Lipinski definition) is 3. The average molecular weight is 244 g/mol. The van der Waals surface area contributed by atoms with E-state index in [1.165, 1.54) is 12.3 Å². The molecule has 3 nitrogen and oxygen atoms in total. The van der Waals surface area contributed by atoms with Gasteiger partial charge in [0, 0.05) is 6.08 Å². The number of ether oxygens (including phenoxy) is 2. The normalized spacial score (nSPS) is 10.7. The van der Waals surface area contributed by atoms with Gasteiger partial charge >= 0.3 is 5.97 Å². The highest BCUT2D eigenvalue weighted by Crippen LogP contribution is 2.00. The molecule has 0 spiro atoms. The Morgan fingerprint density at radius 1 is 1.17 bits per heavy atom. The molecule has 0 aliphatic carbocycles. The van der Waals surface area contributed by atoms with Crippen LogP contribution in [0.5, 0.6) is 0 Å². The molecule has 18 heavy (non-hydrogen) atoms. The van der Waals surface area contributed by atoms with E-state index >= 15 is 0 Å². The molecule has 0 aliphatic rings. The van der Waals surface area contributed by atoms with Gasteiger partial charge in [0.1, 0.15) is 13.2 Å². The third-order valence-corrected chi connectivity index (χ3v) is 2.00. The first-order valence-electron chi connectivity index (χ1n) is 5.62. The third kappa shape index (κ3) is 6.33. The largest absolute Gasteiger partial charge is 0.498 e. The summed E-state index contributed by atoms with van der Waals surface area (Å²) in [6.07, 6.45) is 8.02. The molecule has 0 aromatic heterocycles. The van der Waals surface area contributed by atoms with E-state index in [1.54, 1.807) is 12.2 Å². The fraction of sp³-hybridized carbons (Fsp3) is 0.133. The van der Waals surface area contributed by atoms with Crippen LogP contribution in [0.1, 0.15) is 5.56 Å². The van der Waals surface area contributed by atoms with Gasteiger partial charge in [-0.25, -0.2) is 4.79 Å². The van der Waals surface area contributed by atoms with E-state index in [-0.39, 0.29) is 12.6 Å². The van der Waals surface area contributed by atoms with Crippen LogP contribution >= 0.6 is 0 Å². The first-order chi connectivity index (χ1) is 8.83. The SMILES string of the molecule is C=COCCOC(=O)C=CC=Cc1ccccc1. The van der Waals surface area contributed by atoms with E-state index < -0.39 is 0 Å². The molecular weight excluding hydrogens is 228 g/mol. The van der Waals surface area contributed by atoms with Gasteiger partial charge in [-0.05, 0) is 5.56 Å². The predicted octanol–water partition coefficient (Wildman–Crippen LogP) is 2.96. The van der Waals surface area contributed by atoms with Crippen LogP contribution in [0.2, 0.25) is 0 Å². The lowest BCUT2D eigenvalue weighted by molar-refractivity contribution is -0.138. The first kappa shape index (κ1) is 13.8. The Morgan fingerprint density at radius 3 is 2.67 bits per heavy atom. The van der Waals surface area contributed by atoms with Crippen LogP contribution in [0.3, 0.4) is 0 Å². The summed E-state index contributed by atoms with van der Waals surface area (Å²) in [5.41, 5.74) is 1.08. The van der Waals surface area contributed by atoms with Crippen LogP contribution in [-0.2, 0) is 14.3 Å². The van der Waals surface area contributed by atoms with Crippen molar-refractivity contribution < 1.29 is 14.3 Å². The standard InChI is InChI=1S/C15H16O3/c1-2-17-12-13-18-15(16)11-7-6-10-14-8-4-3-5-9-14/h2-11H,1,12-13H2. The van der Waals surface area contributed by atoms with E-state index in [0.29, 0.717) is 6.61 Å². The molecule has 0 unspecified atom stereocenters. The molecule has 94 valence electrons. The molecule has 1 aromatic carbocycles. The molecule has 1 aromatic rings. The highest BCUT2D eigenvalue weighted by Gasteiger charge is 1.94. The second-order valence-electron chi connectivity index (χ2n) is 3.33. The fourth-order valence-corrected chi connectivity index (χ4v) is 1.19. The molecule has 3 heteroatoms. The topological polar surface area (TPSA) is 35.5 Å². The number of carbonyl (C=O) groups is 1. The molecule has 0 bridgehead atoms. The first-order valence-corrected chi connectivity index (χ1v) is 5.62. The molecular formula is C15H16O3. The molecule has 0 heterocycles. The van der Waals surface area contributed by atoms with E-state index in [0.717, 1.165) is 5.56 Å². The second-order valence-corrected chi connectivity index (χ2v) is 3.33. The molecule has 0 radical (unpaired) electrons. The zero-order valence-electron chi connectivity index (χ0n) is 10.1. The Labute approximate surface area is 107 Å². The van der Waals surface area contributed by atoms with E-state index in [1.807, 2.05) is 36.4 Å². The number of esters is 1. The summed E-state index contributed by atoms with van der Waals surface area (Å²) in [4.78, 5) is 11.2. The van der Waals surface area contributed by atoms with Gasteiger partial charge in [0.15, 0.2) is 0 Å². The van der Waals surface area contributed by atoms with Gasteiger partial charge in [-0.1, -0.05) is 55.1 Å². The molecule has 0 saturated carbocycles. The molecule has 0 aliphatic heterocycles. The zero-order chi connectivity index (χ0) is 13.1.